The molecule has 0 N–H and O–H groups in total. The van der Waals surface area contributed by atoms with E-state index in [2.05, 4.69) is 24.3 Å². The third kappa shape index (κ3) is 2.98. The van der Waals surface area contributed by atoms with Gasteiger partial charge in [0.15, 0.2) is 0 Å². The molecule has 0 aliphatic rings. The molecule has 102 valence electrons. The number of fused-ring (bicyclic) bond motifs is 1. The van der Waals surface area contributed by atoms with Crippen LogP contribution in [0, 0.1) is 10.1 Å². The number of non-ortho nitro benzene ring substituents is 1. The van der Waals surface area contributed by atoms with Crippen molar-refractivity contribution in [1.82, 2.24) is 0 Å². The fourth-order valence-electron chi connectivity index (χ4n) is 2.25. The molecule has 3 aromatic carbocycles. The van der Waals surface area contributed by atoms with Crippen molar-refractivity contribution in [1.29, 1.82) is 0 Å². The molecule has 0 radical (unpaired) electrons. The quantitative estimate of drug-likeness (QED) is 0.387. The molecule has 3 nitrogen and oxygen atoms in total. The van der Waals surface area contributed by atoms with Gasteiger partial charge >= 0.3 is 0 Å². The summed E-state index contributed by atoms with van der Waals surface area (Å²) in [7, 11) is 0. The number of nitro groups is 1. The SMILES string of the molecule is O=[N+]([O-])c1cccc(/C=C/c2ccc3ccccc3c2)c1. The highest BCUT2D eigenvalue weighted by molar-refractivity contribution is 5.86. The van der Waals surface area contributed by atoms with Crippen molar-refractivity contribution in [3.8, 4) is 0 Å². The number of nitrogens with zero attached hydrogens (tertiary/aromatic N) is 1. The smallest absolute Gasteiger partial charge is 0.258 e. The summed E-state index contributed by atoms with van der Waals surface area (Å²) in [5.74, 6) is 0. The molecule has 3 rings (SSSR count). The highest BCUT2D eigenvalue weighted by atomic mass is 16.6. The molecule has 3 aromatic rings. The normalized spacial score (nSPS) is 11.0. The lowest BCUT2D eigenvalue weighted by Crippen LogP contribution is -1.87. The molecule has 0 saturated heterocycles. The van der Waals surface area contributed by atoms with Gasteiger partial charge in [0.2, 0.25) is 0 Å². The Morgan fingerprint density at radius 2 is 1.48 bits per heavy atom. The molecule has 0 atom stereocenters. The maximum absolute atomic E-state index is 10.8. The minimum absolute atomic E-state index is 0.107. The van der Waals surface area contributed by atoms with E-state index < -0.39 is 0 Å². The summed E-state index contributed by atoms with van der Waals surface area (Å²) < 4.78 is 0. The van der Waals surface area contributed by atoms with Crippen LogP contribution in [0.15, 0.2) is 66.7 Å². The summed E-state index contributed by atoms with van der Waals surface area (Å²) in [6, 6.07) is 21.0. The zero-order valence-corrected chi connectivity index (χ0v) is 11.3. The van der Waals surface area contributed by atoms with Gasteiger partial charge in [0.05, 0.1) is 4.92 Å². The van der Waals surface area contributed by atoms with E-state index in [1.807, 2.05) is 36.4 Å². The zero-order valence-electron chi connectivity index (χ0n) is 11.3. The lowest BCUT2D eigenvalue weighted by Gasteiger charge is -1.99. The fraction of sp³-hybridized carbons (Fsp3) is 0. The maximum atomic E-state index is 10.8. The number of benzene rings is 3. The van der Waals surface area contributed by atoms with Gasteiger partial charge in [0.1, 0.15) is 0 Å². The van der Waals surface area contributed by atoms with Crippen LogP contribution in [0.4, 0.5) is 5.69 Å². The Balaban J connectivity index is 1.90. The van der Waals surface area contributed by atoms with Crippen LogP contribution >= 0.6 is 0 Å². The molecule has 0 unspecified atom stereocenters. The van der Waals surface area contributed by atoms with E-state index in [0.717, 1.165) is 11.1 Å². The van der Waals surface area contributed by atoms with E-state index in [9.17, 15) is 10.1 Å². The third-order valence-corrected chi connectivity index (χ3v) is 3.32. The van der Waals surface area contributed by atoms with Gasteiger partial charge in [-0.05, 0) is 28.0 Å². The van der Waals surface area contributed by atoms with E-state index in [0.29, 0.717) is 0 Å². The van der Waals surface area contributed by atoms with Gasteiger partial charge < -0.3 is 0 Å². The molecular weight excluding hydrogens is 262 g/mol. The van der Waals surface area contributed by atoms with Gasteiger partial charge in [-0.2, -0.15) is 0 Å². The van der Waals surface area contributed by atoms with Crippen molar-refractivity contribution < 1.29 is 4.92 Å². The topological polar surface area (TPSA) is 43.1 Å². The van der Waals surface area contributed by atoms with E-state index in [-0.39, 0.29) is 10.6 Å². The van der Waals surface area contributed by atoms with E-state index in [1.165, 1.54) is 16.8 Å². The van der Waals surface area contributed by atoms with Crippen molar-refractivity contribution in [2.45, 2.75) is 0 Å². The van der Waals surface area contributed by atoms with Crippen molar-refractivity contribution in [2.75, 3.05) is 0 Å². The summed E-state index contributed by atoms with van der Waals surface area (Å²) in [6.07, 6.45) is 3.85. The molecule has 0 amide bonds. The maximum Gasteiger partial charge on any atom is 0.270 e. The molecule has 0 fully saturated rings. The van der Waals surface area contributed by atoms with Crippen LogP contribution in [0.3, 0.4) is 0 Å². The van der Waals surface area contributed by atoms with Gasteiger partial charge in [0, 0.05) is 12.1 Å². The molecule has 0 aromatic heterocycles. The van der Waals surface area contributed by atoms with Crippen molar-refractivity contribution in [3.05, 3.63) is 88.0 Å². The fourth-order valence-corrected chi connectivity index (χ4v) is 2.25. The average Bonchev–Trinajstić information content (AvgIpc) is 2.53. The van der Waals surface area contributed by atoms with Gasteiger partial charge in [-0.1, -0.05) is 60.7 Å². The Morgan fingerprint density at radius 1 is 0.762 bits per heavy atom. The Hall–Kier alpha value is -2.94. The minimum Gasteiger partial charge on any atom is -0.258 e. The summed E-state index contributed by atoms with van der Waals surface area (Å²) in [5.41, 5.74) is 1.99. The molecule has 21 heavy (non-hydrogen) atoms. The Labute approximate surface area is 122 Å². The lowest BCUT2D eigenvalue weighted by molar-refractivity contribution is -0.384. The second-order valence-electron chi connectivity index (χ2n) is 4.79. The van der Waals surface area contributed by atoms with Crippen LogP contribution in [0.25, 0.3) is 22.9 Å². The first-order chi connectivity index (χ1) is 10.2. The molecule has 0 bridgehead atoms. The second-order valence-corrected chi connectivity index (χ2v) is 4.79. The molecule has 0 aliphatic heterocycles. The third-order valence-electron chi connectivity index (χ3n) is 3.32. The largest absolute Gasteiger partial charge is 0.270 e. The van der Waals surface area contributed by atoms with Crippen molar-refractivity contribution in [3.63, 3.8) is 0 Å². The minimum atomic E-state index is -0.382. The van der Waals surface area contributed by atoms with Crippen LogP contribution in [0.1, 0.15) is 11.1 Å². The molecule has 0 aliphatic carbocycles. The van der Waals surface area contributed by atoms with Crippen molar-refractivity contribution >= 4 is 28.6 Å². The van der Waals surface area contributed by atoms with Crippen LogP contribution in [-0.4, -0.2) is 4.92 Å². The Morgan fingerprint density at radius 3 is 2.24 bits per heavy atom. The number of rotatable bonds is 3. The van der Waals surface area contributed by atoms with Crippen LogP contribution in [-0.2, 0) is 0 Å². The highest BCUT2D eigenvalue weighted by Crippen LogP contribution is 2.19. The van der Waals surface area contributed by atoms with Gasteiger partial charge in [0.25, 0.3) is 5.69 Å². The van der Waals surface area contributed by atoms with Crippen molar-refractivity contribution in [2.24, 2.45) is 0 Å². The Kier molecular flexibility index (Phi) is 3.48. The van der Waals surface area contributed by atoms with Gasteiger partial charge in [-0.3, -0.25) is 10.1 Å². The number of hydrogen-bond acceptors (Lipinski definition) is 2. The number of nitro benzene ring substituents is 1. The summed E-state index contributed by atoms with van der Waals surface area (Å²) in [4.78, 5) is 10.4. The standard InChI is InChI=1S/C18H13NO2/c20-19(21)18-7-3-4-14(13-18)8-9-15-10-11-16-5-1-2-6-17(16)12-15/h1-13H/b9-8+. The highest BCUT2D eigenvalue weighted by Gasteiger charge is 2.03. The molecule has 0 spiro atoms. The van der Waals surface area contributed by atoms with Crippen LogP contribution in [0.2, 0.25) is 0 Å². The van der Waals surface area contributed by atoms with Gasteiger partial charge in [-0.25, -0.2) is 0 Å². The number of hydrogen-bond donors (Lipinski definition) is 0. The molecule has 0 heterocycles. The average molecular weight is 275 g/mol. The first-order valence-electron chi connectivity index (χ1n) is 6.64. The lowest BCUT2D eigenvalue weighted by atomic mass is 10.1. The molecule has 3 heteroatoms. The van der Waals surface area contributed by atoms with E-state index in [4.69, 9.17) is 0 Å². The zero-order chi connectivity index (χ0) is 14.7. The second kappa shape index (κ2) is 5.59. The summed E-state index contributed by atoms with van der Waals surface area (Å²) in [5, 5.41) is 13.1. The van der Waals surface area contributed by atoms with Crippen LogP contribution < -0.4 is 0 Å². The molecule has 0 saturated carbocycles. The van der Waals surface area contributed by atoms with Gasteiger partial charge in [-0.15, -0.1) is 0 Å². The van der Waals surface area contributed by atoms with E-state index in [1.54, 1.807) is 12.1 Å². The Bertz CT molecular complexity index is 837. The molecular formula is C18H13NO2. The predicted octanol–water partition coefficient (Wildman–Crippen LogP) is 4.92. The predicted molar refractivity (Wildman–Crippen MR) is 86.0 cm³/mol. The summed E-state index contributed by atoms with van der Waals surface area (Å²) in [6.45, 7) is 0. The monoisotopic (exact) mass is 275 g/mol. The van der Waals surface area contributed by atoms with E-state index >= 15 is 0 Å². The first kappa shape index (κ1) is 13.1. The first-order valence-corrected chi connectivity index (χ1v) is 6.64. The summed E-state index contributed by atoms with van der Waals surface area (Å²) >= 11 is 0. The van der Waals surface area contributed by atoms with Crippen LogP contribution in [0.5, 0.6) is 0 Å².